The van der Waals surface area contributed by atoms with Gasteiger partial charge in [-0.15, -0.1) is 0 Å². The van der Waals surface area contributed by atoms with E-state index in [-0.39, 0.29) is 27.4 Å². The Hall–Kier alpha value is -2.05. The van der Waals surface area contributed by atoms with Gasteiger partial charge in [-0.1, -0.05) is 37.1 Å². The summed E-state index contributed by atoms with van der Waals surface area (Å²) in [6, 6.07) is 9.64. The van der Waals surface area contributed by atoms with Gasteiger partial charge in [0.2, 0.25) is 0 Å². The van der Waals surface area contributed by atoms with Gasteiger partial charge in [0.25, 0.3) is 15.9 Å². The molecule has 2 rings (SSSR count). The van der Waals surface area contributed by atoms with E-state index in [0.29, 0.717) is 5.69 Å². The first kappa shape index (κ1) is 21.3. The highest BCUT2D eigenvalue weighted by molar-refractivity contribution is 7.92. The van der Waals surface area contributed by atoms with E-state index in [1.165, 1.54) is 18.2 Å². The second-order valence-electron chi connectivity index (χ2n) is 6.66. The van der Waals surface area contributed by atoms with Gasteiger partial charge in [0.15, 0.2) is 0 Å². The van der Waals surface area contributed by atoms with Gasteiger partial charge in [0.05, 0.1) is 10.7 Å². The number of halogens is 1. The van der Waals surface area contributed by atoms with E-state index in [9.17, 15) is 13.2 Å². The summed E-state index contributed by atoms with van der Waals surface area (Å²) >= 11 is 6.13. The molecule has 1 amide bonds. The molecular formula is C20H25ClN2O3S. The topological polar surface area (TPSA) is 75.3 Å². The summed E-state index contributed by atoms with van der Waals surface area (Å²) in [5.74, 6) is -0.323. The summed E-state index contributed by atoms with van der Waals surface area (Å²) in [6.45, 7) is 7.70. The smallest absolute Gasteiger partial charge is 0.263 e. The molecule has 0 saturated heterocycles. The molecule has 146 valence electrons. The molecule has 0 aliphatic carbocycles. The van der Waals surface area contributed by atoms with E-state index in [1.807, 2.05) is 33.8 Å². The predicted molar refractivity (Wildman–Crippen MR) is 110 cm³/mol. The molecule has 2 aromatic carbocycles. The average molecular weight is 409 g/mol. The fourth-order valence-electron chi connectivity index (χ4n) is 2.72. The van der Waals surface area contributed by atoms with Crippen LogP contribution in [0.25, 0.3) is 0 Å². The highest BCUT2D eigenvalue weighted by atomic mass is 35.5. The van der Waals surface area contributed by atoms with Gasteiger partial charge in [-0.3, -0.25) is 9.52 Å². The zero-order valence-corrected chi connectivity index (χ0v) is 17.5. The minimum Gasteiger partial charge on any atom is -0.350 e. The maximum atomic E-state index is 12.9. The van der Waals surface area contributed by atoms with Crippen LogP contribution in [0.4, 0.5) is 5.69 Å². The fraction of sp³-hybridized carbons (Fsp3) is 0.350. The number of nitrogens with one attached hydrogen (secondary N) is 2. The van der Waals surface area contributed by atoms with Crippen molar-refractivity contribution in [1.29, 1.82) is 0 Å². The molecule has 2 N–H and O–H groups in total. The first-order chi connectivity index (χ1) is 12.7. The third-order valence-electron chi connectivity index (χ3n) is 4.43. The molecule has 1 unspecified atom stereocenters. The van der Waals surface area contributed by atoms with Gasteiger partial charge in [-0.2, -0.15) is 0 Å². The van der Waals surface area contributed by atoms with Gasteiger partial charge in [0.1, 0.15) is 4.90 Å². The Kier molecular flexibility index (Phi) is 6.89. The van der Waals surface area contributed by atoms with Crippen molar-refractivity contribution < 1.29 is 13.2 Å². The minimum atomic E-state index is -3.94. The quantitative estimate of drug-likeness (QED) is 0.698. The molecule has 27 heavy (non-hydrogen) atoms. The lowest BCUT2D eigenvalue weighted by atomic mass is 10.1. The summed E-state index contributed by atoms with van der Waals surface area (Å²) in [5, 5.41) is 2.93. The summed E-state index contributed by atoms with van der Waals surface area (Å²) in [5.41, 5.74) is 2.54. The van der Waals surface area contributed by atoms with Crippen LogP contribution < -0.4 is 10.0 Å². The number of aryl methyl sites for hydroxylation is 1. The Morgan fingerprint density at radius 1 is 1.19 bits per heavy atom. The lowest BCUT2D eigenvalue weighted by Crippen LogP contribution is -2.32. The van der Waals surface area contributed by atoms with Crippen molar-refractivity contribution in [2.24, 2.45) is 0 Å². The molecule has 0 fully saturated rings. The molecule has 0 bridgehead atoms. The second-order valence-corrected chi connectivity index (χ2v) is 8.72. The van der Waals surface area contributed by atoms with Crippen LogP contribution in [0.5, 0.6) is 0 Å². The van der Waals surface area contributed by atoms with Crippen LogP contribution >= 0.6 is 11.6 Å². The number of amides is 1. The lowest BCUT2D eigenvalue weighted by molar-refractivity contribution is 0.0938. The summed E-state index contributed by atoms with van der Waals surface area (Å²) < 4.78 is 28.3. The Bertz CT molecular complexity index is 942. The summed E-state index contributed by atoms with van der Waals surface area (Å²) in [4.78, 5) is 12.3. The summed E-state index contributed by atoms with van der Waals surface area (Å²) in [7, 11) is -3.94. The largest absolute Gasteiger partial charge is 0.350 e. The highest BCUT2D eigenvalue weighted by Gasteiger charge is 2.21. The molecule has 0 radical (unpaired) electrons. The first-order valence-corrected chi connectivity index (χ1v) is 10.7. The number of hydrogen-bond acceptors (Lipinski definition) is 3. The van der Waals surface area contributed by atoms with Crippen LogP contribution in [0.1, 0.15) is 48.2 Å². The molecule has 0 heterocycles. The third-order valence-corrected chi connectivity index (χ3v) is 6.28. The molecule has 7 heteroatoms. The maximum Gasteiger partial charge on any atom is 0.263 e. The lowest BCUT2D eigenvalue weighted by Gasteiger charge is -2.15. The van der Waals surface area contributed by atoms with Crippen molar-refractivity contribution in [3.05, 3.63) is 58.1 Å². The van der Waals surface area contributed by atoms with Crippen molar-refractivity contribution in [1.82, 2.24) is 5.32 Å². The Morgan fingerprint density at radius 2 is 1.89 bits per heavy atom. The van der Waals surface area contributed by atoms with Crippen LogP contribution in [0, 0.1) is 13.8 Å². The number of rotatable bonds is 7. The zero-order valence-electron chi connectivity index (χ0n) is 16.0. The van der Waals surface area contributed by atoms with Gasteiger partial charge in [0, 0.05) is 11.6 Å². The normalized spacial score (nSPS) is 12.5. The van der Waals surface area contributed by atoms with Crippen LogP contribution in [0.3, 0.4) is 0 Å². The molecule has 0 saturated carbocycles. The van der Waals surface area contributed by atoms with E-state index in [0.717, 1.165) is 24.0 Å². The minimum absolute atomic E-state index is 0.00584. The second kappa shape index (κ2) is 8.76. The van der Waals surface area contributed by atoms with E-state index >= 15 is 0 Å². The van der Waals surface area contributed by atoms with Crippen molar-refractivity contribution in [3.63, 3.8) is 0 Å². The van der Waals surface area contributed by atoms with E-state index in [4.69, 9.17) is 11.6 Å². The molecule has 0 aliphatic rings. The van der Waals surface area contributed by atoms with Crippen LogP contribution in [-0.4, -0.2) is 20.4 Å². The monoisotopic (exact) mass is 408 g/mol. The molecule has 0 aliphatic heterocycles. The SMILES string of the molecule is CCCC(C)NC(=O)c1ccc(Cl)c(S(=O)(=O)Nc2cccc(C)c2C)c1. The van der Waals surface area contributed by atoms with Crippen LogP contribution in [0.2, 0.25) is 5.02 Å². The molecule has 5 nitrogen and oxygen atoms in total. The van der Waals surface area contributed by atoms with E-state index in [1.54, 1.807) is 12.1 Å². The Labute approximate surface area is 166 Å². The highest BCUT2D eigenvalue weighted by Crippen LogP contribution is 2.27. The van der Waals surface area contributed by atoms with Gasteiger partial charge >= 0.3 is 0 Å². The average Bonchev–Trinajstić information content (AvgIpc) is 2.59. The van der Waals surface area contributed by atoms with Gasteiger partial charge in [-0.25, -0.2) is 8.42 Å². The standard InChI is InChI=1S/C20H25ClN2O3S/c1-5-7-14(3)22-20(24)16-10-11-17(21)19(12-16)27(25,26)23-18-9-6-8-13(2)15(18)4/h6,8-12,14,23H,5,7H2,1-4H3,(H,22,24). The molecule has 2 aromatic rings. The number of carbonyl (C=O) groups excluding carboxylic acids is 1. The van der Waals surface area contributed by atoms with Gasteiger partial charge < -0.3 is 5.32 Å². The summed E-state index contributed by atoms with van der Waals surface area (Å²) in [6.07, 6.45) is 1.79. The number of hydrogen-bond donors (Lipinski definition) is 2. The van der Waals surface area contributed by atoms with Crippen LogP contribution in [-0.2, 0) is 10.0 Å². The molecule has 1 atom stereocenters. The van der Waals surface area contributed by atoms with Crippen molar-refractivity contribution in [2.45, 2.75) is 51.5 Å². The molecule has 0 aromatic heterocycles. The number of carbonyl (C=O) groups is 1. The number of benzene rings is 2. The van der Waals surface area contributed by atoms with Crippen LogP contribution in [0.15, 0.2) is 41.3 Å². The number of sulfonamides is 1. The van der Waals surface area contributed by atoms with E-state index < -0.39 is 10.0 Å². The Balaban J connectivity index is 2.34. The zero-order chi connectivity index (χ0) is 20.2. The van der Waals surface area contributed by atoms with Crippen molar-refractivity contribution >= 4 is 33.2 Å². The Morgan fingerprint density at radius 3 is 2.56 bits per heavy atom. The fourth-order valence-corrected chi connectivity index (χ4v) is 4.37. The first-order valence-electron chi connectivity index (χ1n) is 8.85. The molecule has 0 spiro atoms. The van der Waals surface area contributed by atoms with Crippen molar-refractivity contribution in [2.75, 3.05) is 4.72 Å². The van der Waals surface area contributed by atoms with Gasteiger partial charge in [-0.05, 0) is 62.6 Å². The maximum absolute atomic E-state index is 12.9. The van der Waals surface area contributed by atoms with E-state index in [2.05, 4.69) is 10.0 Å². The third kappa shape index (κ3) is 5.23. The number of anilines is 1. The predicted octanol–water partition coefficient (Wildman–Crippen LogP) is 4.68. The van der Waals surface area contributed by atoms with Crippen molar-refractivity contribution in [3.8, 4) is 0 Å². The molecular weight excluding hydrogens is 384 g/mol.